The van der Waals surface area contributed by atoms with Crippen LogP contribution in [0.5, 0.6) is 0 Å². The van der Waals surface area contributed by atoms with Crippen molar-refractivity contribution in [1.29, 1.82) is 0 Å². The third kappa shape index (κ3) is 4.11. The van der Waals surface area contributed by atoms with Crippen molar-refractivity contribution in [2.75, 3.05) is 12.3 Å². The van der Waals surface area contributed by atoms with Crippen molar-refractivity contribution in [3.63, 3.8) is 0 Å². The summed E-state index contributed by atoms with van der Waals surface area (Å²) in [5, 5.41) is 3.08. The van der Waals surface area contributed by atoms with Crippen LogP contribution in [0, 0.1) is 5.92 Å². The first-order valence-electron chi connectivity index (χ1n) is 5.92. The van der Waals surface area contributed by atoms with E-state index in [-0.39, 0.29) is 11.0 Å². The van der Waals surface area contributed by atoms with Crippen LogP contribution in [-0.4, -0.2) is 32.0 Å². The molecule has 0 amide bonds. The van der Waals surface area contributed by atoms with E-state index in [4.69, 9.17) is 0 Å². The van der Waals surface area contributed by atoms with Crippen LogP contribution in [0.1, 0.15) is 40.0 Å². The summed E-state index contributed by atoms with van der Waals surface area (Å²) in [6, 6.07) is 0.590. The largest absolute Gasteiger partial charge is 0.313 e. The highest BCUT2D eigenvalue weighted by atomic mass is 32.2. The van der Waals surface area contributed by atoms with E-state index >= 15 is 0 Å². The van der Waals surface area contributed by atoms with Gasteiger partial charge in [0, 0.05) is 12.6 Å². The first kappa shape index (κ1) is 13.0. The number of rotatable bonds is 7. The number of nitrogens with one attached hydrogen (secondary N) is 1. The van der Waals surface area contributed by atoms with E-state index in [2.05, 4.69) is 12.2 Å². The van der Waals surface area contributed by atoms with Crippen LogP contribution >= 0.6 is 0 Å². The summed E-state index contributed by atoms with van der Waals surface area (Å²) in [6.07, 6.45) is 3.73. The molecule has 4 heteroatoms. The fourth-order valence-electron chi connectivity index (χ4n) is 1.81. The second-order valence-electron chi connectivity index (χ2n) is 4.76. The molecule has 0 spiro atoms. The molecular formula is C11H23NO2S. The highest BCUT2D eigenvalue weighted by Gasteiger charge is 2.35. The molecule has 1 N–H and O–H groups in total. The number of hydrogen-bond acceptors (Lipinski definition) is 3. The third-order valence-electron chi connectivity index (χ3n) is 3.09. The van der Waals surface area contributed by atoms with Crippen molar-refractivity contribution in [2.45, 2.75) is 51.3 Å². The normalized spacial score (nSPS) is 25.9. The molecule has 0 aromatic heterocycles. The molecule has 90 valence electrons. The molecule has 1 aliphatic carbocycles. The van der Waals surface area contributed by atoms with Gasteiger partial charge in [0.25, 0.3) is 0 Å². The molecule has 0 saturated heterocycles. The smallest absolute Gasteiger partial charge is 0.153 e. The van der Waals surface area contributed by atoms with Gasteiger partial charge in [0.15, 0.2) is 9.84 Å². The maximum Gasteiger partial charge on any atom is 0.153 e. The summed E-state index contributed by atoms with van der Waals surface area (Å²) >= 11 is 0. The lowest BCUT2D eigenvalue weighted by Crippen LogP contribution is -2.29. The predicted octanol–water partition coefficient (Wildman–Crippen LogP) is 1.59. The van der Waals surface area contributed by atoms with Crippen molar-refractivity contribution in [2.24, 2.45) is 5.92 Å². The van der Waals surface area contributed by atoms with Crippen molar-refractivity contribution >= 4 is 9.84 Å². The molecular weight excluding hydrogens is 210 g/mol. The van der Waals surface area contributed by atoms with Crippen molar-refractivity contribution in [3.05, 3.63) is 0 Å². The van der Waals surface area contributed by atoms with E-state index in [1.54, 1.807) is 13.8 Å². The molecule has 0 aromatic carbocycles. The standard InChI is InChI=1S/C11H23NO2S/c1-4-5-10-8-11(10)12-6-7-15(13,14)9(2)3/h9-12H,4-8H2,1-3H3. The van der Waals surface area contributed by atoms with Crippen LogP contribution in [0.25, 0.3) is 0 Å². The lowest BCUT2D eigenvalue weighted by molar-refractivity contribution is 0.575. The summed E-state index contributed by atoms with van der Waals surface area (Å²) in [5.41, 5.74) is 0. The Morgan fingerprint density at radius 1 is 1.40 bits per heavy atom. The average Bonchev–Trinajstić information content (AvgIpc) is 2.84. The minimum Gasteiger partial charge on any atom is -0.313 e. The van der Waals surface area contributed by atoms with Crippen LogP contribution in [-0.2, 0) is 9.84 Å². The maximum atomic E-state index is 11.5. The molecule has 2 unspecified atom stereocenters. The Morgan fingerprint density at radius 2 is 2.07 bits per heavy atom. The Morgan fingerprint density at radius 3 is 2.60 bits per heavy atom. The monoisotopic (exact) mass is 233 g/mol. The summed E-state index contributed by atoms with van der Waals surface area (Å²) in [4.78, 5) is 0. The number of hydrogen-bond donors (Lipinski definition) is 1. The Labute approximate surface area is 93.6 Å². The van der Waals surface area contributed by atoms with Crippen LogP contribution in [0.2, 0.25) is 0 Å². The Balaban J connectivity index is 2.13. The van der Waals surface area contributed by atoms with Gasteiger partial charge in [-0.3, -0.25) is 0 Å². The molecule has 1 rings (SSSR count). The molecule has 1 saturated carbocycles. The molecule has 0 aromatic rings. The van der Waals surface area contributed by atoms with Gasteiger partial charge in [-0.15, -0.1) is 0 Å². The van der Waals surface area contributed by atoms with Crippen LogP contribution < -0.4 is 5.32 Å². The molecule has 0 radical (unpaired) electrons. The second kappa shape index (κ2) is 5.30. The van der Waals surface area contributed by atoms with Gasteiger partial charge in [-0.2, -0.15) is 0 Å². The molecule has 0 bridgehead atoms. The second-order valence-corrected chi connectivity index (χ2v) is 7.44. The number of sulfone groups is 1. The van der Waals surface area contributed by atoms with Crippen molar-refractivity contribution in [1.82, 2.24) is 5.32 Å². The van der Waals surface area contributed by atoms with E-state index in [9.17, 15) is 8.42 Å². The quantitative estimate of drug-likeness (QED) is 0.726. The summed E-state index contributed by atoms with van der Waals surface area (Å²) in [6.45, 7) is 6.29. The Hall–Kier alpha value is -0.0900. The van der Waals surface area contributed by atoms with E-state index in [0.717, 1.165) is 5.92 Å². The van der Waals surface area contributed by atoms with Gasteiger partial charge >= 0.3 is 0 Å². The van der Waals surface area contributed by atoms with E-state index in [0.29, 0.717) is 12.6 Å². The summed E-state index contributed by atoms with van der Waals surface area (Å²) < 4.78 is 23.0. The van der Waals surface area contributed by atoms with Gasteiger partial charge < -0.3 is 5.32 Å². The molecule has 0 aliphatic heterocycles. The first-order valence-corrected chi connectivity index (χ1v) is 7.64. The van der Waals surface area contributed by atoms with E-state index < -0.39 is 9.84 Å². The van der Waals surface area contributed by atoms with Crippen molar-refractivity contribution < 1.29 is 8.42 Å². The Kier molecular flexibility index (Phi) is 4.59. The maximum absolute atomic E-state index is 11.5. The highest BCUT2D eigenvalue weighted by Crippen LogP contribution is 2.34. The van der Waals surface area contributed by atoms with Gasteiger partial charge in [0.05, 0.1) is 11.0 Å². The first-order chi connectivity index (χ1) is 6.97. The molecule has 15 heavy (non-hydrogen) atoms. The van der Waals surface area contributed by atoms with Gasteiger partial charge in [0.2, 0.25) is 0 Å². The van der Waals surface area contributed by atoms with Crippen molar-refractivity contribution in [3.8, 4) is 0 Å². The molecule has 1 aliphatic rings. The topological polar surface area (TPSA) is 46.2 Å². The molecule has 1 fully saturated rings. The van der Waals surface area contributed by atoms with E-state index in [1.165, 1.54) is 19.3 Å². The molecule has 2 atom stereocenters. The average molecular weight is 233 g/mol. The zero-order valence-electron chi connectivity index (χ0n) is 9.99. The minimum atomic E-state index is -2.86. The predicted molar refractivity (Wildman–Crippen MR) is 63.7 cm³/mol. The van der Waals surface area contributed by atoms with Crippen LogP contribution in [0.4, 0.5) is 0 Å². The van der Waals surface area contributed by atoms with Gasteiger partial charge in [-0.05, 0) is 32.6 Å². The lowest BCUT2D eigenvalue weighted by Gasteiger charge is -2.08. The van der Waals surface area contributed by atoms with E-state index in [1.807, 2.05) is 0 Å². The van der Waals surface area contributed by atoms with Gasteiger partial charge in [-0.1, -0.05) is 13.3 Å². The summed E-state index contributed by atoms with van der Waals surface area (Å²) in [5.74, 6) is 1.08. The summed E-state index contributed by atoms with van der Waals surface area (Å²) in [7, 11) is -2.86. The SMILES string of the molecule is CCCC1CC1NCCS(=O)(=O)C(C)C. The molecule has 0 heterocycles. The van der Waals surface area contributed by atoms with Gasteiger partial charge in [0.1, 0.15) is 0 Å². The third-order valence-corrected chi connectivity index (χ3v) is 5.30. The van der Waals surface area contributed by atoms with Crippen LogP contribution in [0.3, 0.4) is 0 Å². The zero-order valence-corrected chi connectivity index (χ0v) is 10.8. The van der Waals surface area contributed by atoms with Crippen LogP contribution in [0.15, 0.2) is 0 Å². The fraction of sp³-hybridized carbons (Fsp3) is 1.00. The molecule has 3 nitrogen and oxygen atoms in total. The lowest BCUT2D eigenvalue weighted by atomic mass is 10.2. The van der Waals surface area contributed by atoms with Gasteiger partial charge in [-0.25, -0.2) is 8.42 Å². The zero-order chi connectivity index (χ0) is 11.5. The Bertz CT molecular complexity index is 285. The minimum absolute atomic E-state index is 0.245. The highest BCUT2D eigenvalue weighted by molar-refractivity contribution is 7.92. The fourth-order valence-corrected chi connectivity index (χ4v) is 2.68.